The molecule has 21 heavy (non-hydrogen) atoms. The molecule has 0 radical (unpaired) electrons. The van der Waals surface area contributed by atoms with Crippen molar-refractivity contribution in [3.05, 3.63) is 60.3 Å². The zero-order valence-corrected chi connectivity index (χ0v) is 12.0. The molecular formula is C18H17FN2. The van der Waals surface area contributed by atoms with Crippen LogP contribution in [-0.2, 0) is 6.42 Å². The van der Waals surface area contributed by atoms with Crippen molar-refractivity contribution >= 4 is 10.8 Å². The summed E-state index contributed by atoms with van der Waals surface area (Å²) in [5, 5.41) is 1.52. The molecule has 3 rings (SSSR count). The molecule has 3 heteroatoms. The number of nitrogens with zero attached hydrogens (tertiary/aromatic N) is 2. The number of aryl methyl sites for hydroxylation is 1. The van der Waals surface area contributed by atoms with Crippen molar-refractivity contribution in [2.24, 2.45) is 0 Å². The van der Waals surface area contributed by atoms with Crippen molar-refractivity contribution in [2.75, 3.05) is 0 Å². The molecule has 0 saturated carbocycles. The molecule has 0 spiro atoms. The van der Waals surface area contributed by atoms with E-state index in [0.29, 0.717) is 5.39 Å². The zero-order valence-electron chi connectivity index (χ0n) is 12.0. The first-order chi connectivity index (χ1) is 10.3. The molecule has 0 amide bonds. The van der Waals surface area contributed by atoms with Gasteiger partial charge < -0.3 is 0 Å². The largest absolute Gasteiger partial charge is 0.241 e. The average Bonchev–Trinajstić information content (AvgIpc) is 2.54. The smallest absolute Gasteiger partial charge is 0.131 e. The topological polar surface area (TPSA) is 25.8 Å². The van der Waals surface area contributed by atoms with Gasteiger partial charge in [-0.15, -0.1) is 0 Å². The van der Waals surface area contributed by atoms with Gasteiger partial charge in [0.15, 0.2) is 0 Å². The van der Waals surface area contributed by atoms with Crippen LogP contribution in [0.1, 0.15) is 25.6 Å². The van der Waals surface area contributed by atoms with Crippen LogP contribution in [0.4, 0.5) is 4.39 Å². The summed E-state index contributed by atoms with van der Waals surface area (Å²) >= 11 is 0. The Morgan fingerprint density at radius 3 is 2.62 bits per heavy atom. The molecule has 0 saturated heterocycles. The minimum Gasteiger partial charge on any atom is -0.241 e. The highest BCUT2D eigenvalue weighted by atomic mass is 19.1. The van der Waals surface area contributed by atoms with Crippen LogP contribution < -0.4 is 0 Å². The maximum Gasteiger partial charge on any atom is 0.131 e. The summed E-state index contributed by atoms with van der Waals surface area (Å²) in [5.74, 6) is 0.650. The van der Waals surface area contributed by atoms with Crippen LogP contribution in [0.3, 0.4) is 0 Å². The summed E-state index contributed by atoms with van der Waals surface area (Å²) < 4.78 is 13.9. The van der Waals surface area contributed by atoms with Gasteiger partial charge in [-0.1, -0.05) is 37.6 Å². The summed E-state index contributed by atoms with van der Waals surface area (Å²) in [5.41, 5.74) is 1.81. The number of hydrogen-bond donors (Lipinski definition) is 0. The summed E-state index contributed by atoms with van der Waals surface area (Å²) in [6.45, 7) is 2.15. The fourth-order valence-corrected chi connectivity index (χ4v) is 2.49. The Hall–Kier alpha value is -2.29. The van der Waals surface area contributed by atoms with E-state index < -0.39 is 0 Å². The van der Waals surface area contributed by atoms with E-state index in [-0.39, 0.29) is 5.82 Å². The minimum atomic E-state index is -0.199. The second-order valence-electron chi connectivity index (χ2n) is 5.10. The fourth-order valence-electron chi connectivity index (χ4n) is 2.49. The maximum absolute atomic E-state index is 13.9. The summed E-state index contributed by atoms with van der Waals surface area (Å²) in [6.07, 6.45) is 4.86. The number of aromatic nitrogens is 2. The molecule has 2 nitrogen and oxygen atoms in total. The molecule has 0 atom stereocenters. The van der Waals surface area contributed by atoms with E-state index in [0.717, 1.165) is 41.7 Å². The predicted molar refractivity (Wildman–Crippen MR) is 83.5 cm³/mol. The van der Waals surface area contributed by atoms with Gasteiger partial charge in [-0.2, -0.15) is 0 Å². The molecule has 0 aliphatic heterocycles. The molecule has 3 aromatic rings. The molecule has 0 N–H and O–H groups in total. The van der Waals surface area contributed by atoms with Crippen molar-refractivity contribution in [1.82, 2.24) is 9.97 Å². The second-order valence-corrected chi connectivity index (χ2v) is 5.10. The van der Waals surface area contributed by atoms with Gasteiger partial charge in [-0.3, -0.25) is 0 Å². The molecule has 2 aromatic carbocycles. The van der Waals surface area contributed by atoms with Crippen LogP contribution in [0.5, 0.6) is 0 Å². The Kier molecular flexibility index (Phi) is 3.91. The van der Waals surface area contributed by atoms with E-state index in [1.807, 2.05) is 24.3 Å². The van der Waals surface area contributed by atoms with Crippen molar-refractivity contribution in [1.29, 1.82) is 0 Å². The Labute approximate surface area is 123 Å². The van der Waals surface area contributed by atoms with Crippen LogP contribution in [0.2, 0.25) is 0 Å². The SMILES string of the molecule is CCCCc1nccc(-c2ccc(F)c3ccccc23)n1. The molecule has 1 aromatic heterocycles. The summed E-state index contributed by atoms with van der Waals surface area (Å²) in [7, 11) is 0. The Morgan fingerprint density at radius 1 is 1.00 bits per heavy atom. The predicted octanol–water partition coefficient (Wildman–Crippen LogP) is 4.78. The van der Waals surface area contributed by atoms with Gasteiger partial charge in [-0.05, 0) is 30.0 Å². The second kappa shape index (κ2) is 6.00. The normalized spacial score (nSPS) is 11.0. The van der Waals surface area contributed by atoms with Crippen molar-refractivity contribution in [3.63, 3.8) is 0 Å². The van der Waals surface area contributed by atoms with E-state index in [1.54, 1.807) is 18.3 Å². The van der Waals surface area contributed by atoms with E-state index in [4.69, 9.17) is 0 Å². The van der Waals surface area contributed by atoms with Crippen molar-refractivity contribution < 1.29 is 4.39 Å². The quantitative estimate of drug-likeness (QED) is 0.687. The van der Waals surface area contributed by atoms with E-state index in [2.05, 4.69) is 16.9 Å². The van der Waals surface area contributed by atoms with Crippen molar-refractivity contribution in [3.8, 4) is 11.3 Å². The van der Waals surface area contributed by atoms with Gasteiger partial charge in [0.2, 0.25) is 0 Å². The first kappa shape index (κ1) is 13.7. The zero-order chi connectivity index (χ0) is 14.7. The highest BCUT2D eigenvalue weighted by molar-refractivity contribution is 5.96. The molecule has 1 heterocycles. The average molecular weight is 280 g/mol. The molecule has 0 unspecified atom stereocenters. The van der Waals surface area contributed by atoms with Gasteiger partial charge in [0.25, 0.3) is 0 Å². The summed E-state index contributed by atoms with van der Waals surface area (Å²) in [4.78, 5) is 8.94. The molecule has 106 valence electrons. The number of benzene rings is 2. The third-order valence-corrected chi connectivity index (χ3v) is 3.61. The molecule has 0 aliphatic carbocycles. The Balaban J connectivity index is 2.10. The van der Waals surface area contributed by atoms with E-state index >= 15 is 0 Å². The summed E-state index contributed by atoms with van der Waals surface area (Å²) in [6, 6.07) is 12.7. The van der Waals surface area contributed by atoms with Gasteiger partial charge in [0.05, 0.1) is 5.69 Å². The van der Waals surface area contributed by atoms with Crippen molar-refractivity contribution in [2.45, 2.75) is 26.2 Å². The van der Waals surface area contributed by atoms with Crippen LogP contribution in [0.25, 0.3) is 22.0 Å². The van der Waals surface area contributed by atoms with Gasteiger partial charge in [0, 0.05) is 23.6 Å². The molecular weight excluding hydrogens is 263 g/mol. The van der Waals surface area contributed by atoms with Crippen LogP contribution in [0.15, 0.2) is 48.7 Å². The molecule has 0 fully saturated rings. The lowest BCUT2D eigenvalue weighted by molar-refractivity contribution is 0.640. The first-order valence-electron chi connectivity index (χ1n) is 7.29. The Bertz CT molecular complexity index is 768. The highest BCUT2D eigenvalue weighted by Gasteiger charge is 2.09. The highest BCUT2D eigenvalue weighted by Crippen LogP contribution is 2.29. The van der Waals surface area contributed by atoms with E-state index in [9.17, 15) is 4.39 Å². The van der Waals surface area contributed by atoms with Gasteiger partial charge in [-0.25, -0.2) is 14.4 Å². The number of halogens is 1. The number of rotatable bonds is 4. The molecule has 0 bridgehead atoms. The molecule has 0 aliphatic rings. The number of unbranched alkanes of at least 4 members (excludes halogenated alkanes) is 1. The monoisotopic (exact) mass is 280 g/mol. The maximum atomic E-state index is 13.9. The minimum absolute atomic E-state index is 0.199. The fraction of sp³-hybridized carbons (Fsp3) is 0.222. The number of fused-ring (bicyclic) bond motifs is 1. The van der Waals surface area contributed by atoms with Crippen LogP contribution in [0, 0.1) is 5.82 Å². The standard InChI is InChI=1S/C18H17FN2/c1-2-3-8-18-20-12-11-17(21-18)15-9-10-16(19)14-7-5-4-6-13(14)15/h4-7,9-12H,2-3,8H2,1H3. The lowest BCUT2D eigenvalue weighted by Gasteiger charge is -2.08. The lowest BCUT2D eigenvalue weighted by atomic mass is 10.0. The lowest BCUT2D eigenvalue weighted by Crippen LogP contribution is -1.97. The van der Waals surface area contributed by atoms with Gasteiger partial charge in [0.1, 0.15) is 11.6 Å². The van der Waals surface area contributed by atoms with Crippen LogP contribution in [-0.4, -0.2) is 9.97 Å². The first-order valence-corrected chi connectivity index (χ1v) is 7.29. The number of hydrogen-bond acceptors (Lipinski definition) is 2. The Morgan fingerprint density at radius 2 is 1.81 bits per heavy atom. The third-order valence-electron chi connectivity index (χ3n) is 3.61. The van der Waals surface area contributed by atoms with Gasteiger partial charge >= 0.3 is 0 Å². The van der Waals surface area contributed by atoms with Crippen LogP contribution >= 0.6 is 0 Å². The van der Waals surface area contributed by atoms with E-state index in [1.165, 1.54) is 6.07 Å². The third kappa shape index (κ3) is 2.77.